The number of hydrogen-bond acceptors (Lipinski definition) is 2. The predicted octanol–water partition coefficient (Wildman–Crippen LogP) is 3.91. The van der Waals surface area contributed by atoms with Gasteiger partial charge >= 0.3 is 0 Å². The molecule has 0 radical (unpaired) electrons. The van der Waals surface area contributed by atoms with Crippen LogP contribution in [0.25, 0.3) is 0 Å². The lowest BCUT2D eigenvalue weighted by Crippen LogP contribution is -1.99. The van der Waals surface area contributed by atoms with Crippen LogP contribution in [0.15, 0.2) is 64.6 Å². The Balaban J connectivity index is 2.12. The van der Waals surface area contributed by atoms with Crippen LogP contribution in [-0.2, 0) is 0 Å². The predicted molar refractivity (Wildman–Crippen MR) is 90.4 cm³/mol. The van der Waals surface area contributed by atoms with Crippen LogP contribution in [0.3, 0.4) is 0 Å². The second-order valence-electron chi connectivity index (χ2n) is 6.49. The van der Waals surface area contributed by atoms with Gasteiger partial charge in [-0.3, -0.25) is 0 Å². The minimum absolute atomic E-state index is 0.401. The minimum Gasteiger partial charge on any atom is -0.248 e. The standard InChI is InChI=1S/C21H16N2/c1-12(2)19-20-14-8-4-6-10-17(14)22-18(20)11-15-13-7-3-5-9-16(13)23-21(15)19/h3-12H,1-2H3. The number of benzene rings is 3. The number of hydrogen-bond donors (Lipinski definition) is 0. The van der Waals surface area contributed by atoms with Gasteiger partial charge < -0.3 is 0 Å². The summed E-state index contributed by atoms with van der Waals surface area (Å²) >= 11 is 0. The van der Waals surface area contributed by atoms with Gasteiger partial charge in [-0.15, -0.1) is 0 Å². The van der Waals surface area contributed by atoms with Crippen LogP contribution in [0.5, 0.6) is 0 Å². The molecule has 0 spiro atoms. The number of fused-ring (bicyclic) bond motifs is 4. The highest BCUT2D eigenvalue weighted by atomic mass is 14.8. The average Bonchev–Trinajstić information content (AvgIpc) is 3.10. The first-order valence-electron chi connectivity index (χ1n) is 8.07. The lowest BCUT2D eigenvalue weighted by Gasteiger charge is -2.11. The third-order valence-electron chi connectivity index (χ3n) is 4.73. The zero-order chi connectivity index (χ0) is 15.6. The topological polar surface area (TPSA) is 24.7 Å². The Morgan fingerprint density at radius 3 is 2.13 bits per heavy atom. The van der Waals surface area contributed by atoms with Crippen molar-refractivity contribution in [3.05, 3.63) is 91.7 Å². The maximum absolute atomic E-state index is 4.95. The van der Waals surface area contributed by atoms with Crippen molar-refractivity contribution in [2.45, 2.75) is 19.8 Å². The van der Waals surface area contributed by atoms with Crippen LogP contribution >= 0.6 is 0 Å². The number of rotatable bonds is 1. The molecule has 2 nitrogen and oxygen atoms in total. The molecule has 3 aromatic carbocycles. The first-order valence-corrected chi connectivity index (χ1v) is 8.07. The fraction of sp³-hybridized carbons (Fsp3) is 0.143. The van der Waals surface area contributed by atoms with Gasteiger partial charge in [-0.2, -0.15) is 0 Å². The van der Waals surface area contributed by atoms with Crippen molar-refractivity contribution in [3.63, 3.8) is 0 Å². The maximum Gasteiger partial charge on any atom is 0.0758 e. The molecule has 0 aliphatic carbocycles. The van der Waals surface area contributed by atoms with Crippen molar-refractivity contribution in [2.24, 2.45) is 9.98 Å². The Morgan fingerprint density at radius 1 is 0.739 bits per heavy atom. The van der Waals surface area contributed by atoms with Crippen molar-refractivity contribution in [1.82, 2.24) is 0 Å². The van der Waals surface area contributed by atoms with E-state index >= 15 is 0 Å². The zero-order valence-electron chi connectivity index (χ0n) is 13.2. The third kappa shape index (κ3) is 1.63. The summed E-state index contributed by atoms with van der Waals surface area (Å²) in [5.74, 6) is 0.401. The van der Waals surface area contributed by atoms with Crippen molar-refractivity contribution in [3.8, 4) is 0 Å². The van der Waals surface area contributed by atoms with Crippen LogP contribution in [0.1, 0.15) is 25.3 Å². The molecule has 2 heteroatoms. The van der Waals surface area contributed by atoms with Gasteiger partial charge in [-0.25, -0.2) is 9.98 Å². The lowest BCUT2D eigenvalue weighted by atomic mass is 9.95. The molecular weight excluding hydrogens is 280 g/mol. The van der Waals surface area contributed by atoms with Crippen molar-refractivity contribution >= 4 is 11.4 Å². The van der Waals surface area contributed by atoms with E-state index in [1.165, 1.54) is 26.4 Å². The summed E-state index contributed by atoms with van der Waals surface area (Å²) in [4.78, 5) is 9.81. The molecule has 0 fully saturated rings. The van der Waals surface area contributed by atoms with E-state index in [1.54, 1.807) is 0 Å². The maximum atomic E-state index is 4.95. The van der Waals surface area contributed by atoms with Crippen molar-refractivity contribution in [2.75, 3.05) is 0 Å². The quantitative estimate of drug-likeness (QED) is 0.448. The molecule has 2 heterocycles. The largest absolute Gasteiger partial charge is 0.248 e. The van der Waals surface area contributed by atoms with E-state index in [0.29, 0.717) is 5.92 Å². The van der Waals surface area contributed by atoms with E-state index in [-0.39, 0.29) is 0 Å². The van der Waals surface area contributed by atoms with Gasteiger partial charge in [-0.1, -0.05) is 50.2 Å². The van der Waals surface area contributed by atoms with E-state index < -0.39 is 0 Å². The summed E-state index contributed by atoms with van der Waals surface area (Å²) < 4.78 is 0. The molecule has 3 aromatic rings. The Kier molecular flexibility index (Phi) is 2.44. The van der Waals surface area contributed by atoms with Crippen LogP contribution < -0.4 is 10.7 Å². The molecule has 0 bridgehead atoms. The zero-order valence-corrected chi connectivity index (χ0v) is 13.2. The van der Waals surface area contributed by atoms with Gasteiger partial charge in [-0.05, 0) is 29.7 Å². The molecule has 5 rings (SSSR count). The van der Waals surface area contributed by atoms with Crippen LogP contribution in [0, 0.1) is 20.9 Å². The molecule has 0 N–H and O–H groups in total. The van der Waals surface area contributed by atoms with Crippen LogP contribution in [-0.4, -0.2) is 0 Å². The summed E-state index contributed by atoms with van der Waals surface area (Å²) in [5.41, 5.74) is 3.54. The van der Waals surface area contributed by atoms with Crippen molar-refractivity contribution in [1.29, 1.82) is 0 Å². The van der Waals surface area contributed by atoms with Crippen molar-refractivity contribution < 1.29 is 0 Å². The summed E-state index contributed by atoms with van der Waals surface area (Å²) in [5, 5.41) is 7.09. The Morgan fingerprint density at radius 2 is 1.39 bits per heavy atom. The van der Waals surface area contributed by atoms with E-state index in [9.17, 15) is 0 Å². The fourth-order valence-electron chi connectivity index (χ4n) is 3.77. The molecule has 2 aliphatic heterocycles. The Hall–Kier alpha value is -2.74. The molecule has 110 valence electrons. The van der Waals surface area contributed by atoms with Gasteiger partial charge in [0.25, 0.3) is 0 Å². The molecule has 2 aliphatic rings. The van der Waals surface area contributed by atoms with E-state index in [2.05, 4.69) is 68.4 Å². The summed E-state index contributed by atoms with van der Waals surface area (Å²) in [6.07, 6.45) is 0. The fourth-order valence-corrected chi connectivity index (χ4v) is 3.77. The van der Waals surface area contributed by atoms with E-state index in [0.717, 1.165) is 22.1 Å². The van der Waals surface area contributed by atoms with Gasteiger partial charge in [0.15, 0.2) is 0 Å². The highest BCUT2D eigenvalue weighted by Crippen LogP contribution is 2.36. The number of para-hydroxylation sites is 2. The highest BCUT2D eigenvalue weighted by molar-refractivity contribution is 5.62. The molecule has 0 saturated heterocycles. The normalized spacial score (nSPS) is 13.0. The molecule has 0 unspecified atom stereocenters. The highest BCUT2D eigenvalue weighted by Gasteiger charge is 2.19. The molecule has 0 amide bonds. The van der Waals surface area contributed by atoms with Crippen LogP contribution in [0.2, 0.25) is 0 Å². The van der Waals surface area contributed by atoms with Gasteiger partial charge in [0.2, 0.25) is 0 Å². The Labute approximate surface area is 133 Å². The number of nitrogens with zero attached hydrogens (tertiary/aromatic N) is 2. The average molecular weight is 296 g/mol. The SMILES string of the molecule is CC(C)c1c2c(cc3c1=c1ccccc1=N3)=c1ccccc1=N2. The molecular formula is C21H16N2. The lowest BCUT2D eigenvalue weighted by molar-refractivity contribution is 0.858. The first-order chi connectivity index (χ1) is 11.2. The van der Waals surface area contributed by atoms with E-state index in [4.69, 9.17) is 9.98 Å². The van der Waals surface area contributed by atoms with Gasteiger partial charge in [0.05, 0.1) is 22.1 Å². The monoisotopic (exact) mass is 296 g/mol. The smallest absolute Gasteiger partial charge is 0.0758 e. The van der Waals surface area contributed by atoms with Gasteiger partial charge in [0.1, 0.15) is 0 Å². The first kappa shape index (κ1) is 12.8. The summed E-state index contributed by atoms with van der Waals surface area (Å²) in [6.45, 7) is 4.49. The minimum atomic E-state index is 0.401. The third-order valence-corrected chi connectivity index (χ3v) is 4.73. The molecule has 0 atom stereocenters. The molecule has 23 heavy (non-hydrogen) atoms. The van der Waals surface area contributed by atoms with Crippen LogP contribution in [0.4, 0.5) is 11.4 Å². The summed E-state index contributed by atoms with van der Waals surface area (Å²) in [6, 6.07) is 19.0. The Bertz CT molecular complexity index is 1290. The summed E-state index contributed by atoms with van der Waals surface area (Å²) in [7, 11) is 0. The second-order valence-corrected chi connectivity index (χ2v) is 6.49. The van der Waals surface area contributed by atoms with E-state index in [1.807, 2.05) is 0 Å². The van der Waals surface area contributed by atoms with Gasteiger partial charge in [0, 0.05) is 20.9 Å². The molecule has 0 aromatic heterocycles. The molecule has 0 saturated carbocycles. The second kappa shape index (κ2) is 4.39.